The van der Waals surface area contributed by atoms with Crippen LogP contribution in [0.5, 0.6) is 0 Å². The Morgan fingerprint density at radius 3 is 2.83 bits per heavy atom. The van der Waals surface area contributed by atoms with E-state index >= 15 is 0 Å². The van der Waals surface area contributed by atoms with E-state index in [1.54, 1.807) is 6.92 Å². The number of carbonyl (C=O) groups is 1. The van der Waals surface area contributed by atoms with Crippen molar-refractivity contribution in [2.45, 2.75) is 32.9 Å². The first-order chi connectivity index (χ1) is 5.65. The second-order valence-corrected chi connectivity index (χ2v) is 2.78. The lowest BCUT2D eigenvalue weighted by molar-refractivity contribution is -0.119. The van der Waals surface area contributed by atoms with Crippen molar-refractivity contribution < 1.29 is 9.53 Å². The number of rotatable bonds is 3. The molecule has 1 N–H and O–H groups in total. The van der Waals surface area contributed by atoms with Gasteiger partial charge in [0.25, 0.3) is 0 Å². The van der Waals surface area contributed by atoms with Crippen LogP contribution >= 0.6 is 0 Å². The van der Waals surface area contributed by atoms with Gasteiger partial charge in [0.2, 0.25) is 5.91 Å². The highest BCUT2D eigenvalue weighted by Gasteiger charge is 2.25. The van der Waals surface area contributed by atoms with Gasteiger partial charge >= 0.3 is 0 Å². The van der Waals surface area contributed by atoms with Crippen molar-refractivity contribution in [3.05, 3.63) is 0 Å². The zero-order valence-electron chi connectivity index (χ0n) is 7.63. The quantitative estimate of drug-likeness (QED) is 0.663. The van der Waals surface area contributed by atoms with Gasteiger partial charge in [-0.2, -0.15) is 0 Å². The molecule has 0 bridgehead atoms. The van der Waals surface area contributed by atoms with Gasteiger partial charge in [-0.15, -0.1) is 0 Å². The molecule has 0 aromatic rings. The summed E-state index contributed by atoms with van der Waals surface area (Å²) in [5.74, 6) is 0.603. The van der Waals surface area contributed by atoms with Crippen molar-refractivity contribution in [1.82, 2.24) is 5.32 Å². The Hall–Kier alpha value is -0.900. The lowest BCUT2D eigenvalue weighted by Gasteiger charge is -2.10. The molecule has 0 aliphatic carbocycles. The van der Waals surface area contributed by atoms with Crippen LogP contribution < -0.4 is 5.32 Å². The molecule has 1 heterocycles. The van der Waals surface area contributed by atoms with Crippen LogP contribution in [0.4, 0.5) is 0 Å². The van der Waals surface area contributed by atoms with Gasteiger partial charge in [0.1, 0.15) is 18.0 Å². The van der Waals surface area contributed by atoms with Crippen LogP contribution in [0.25, 0.3) is 0 Å². The monoisotopic (exact) mass is 170 g/mol. The summed E-state index contributed by atoms with van der Waals surface area (Å²) in [6.45, 7) is 6.18. The van der Waals surface area contributed by atoms with Gasteiger partial charge in [0.15, 0.2) is 0 Å². The lowest BCUT2D eigenvalue weighted by atomic mass is 10.3. The van der Waals surface area contributed by atoms with E-state index in [9.17, 15) is 4.79 Å². The standard InChI is InChI=1S/C8H14N2O2/c1-4-12-6(3)7-9-5(2)8(11)10-7/h5-6H,4H2,1-3H3,(H,9,10,11). The molecular formula is C8H14N2O2. The van der Waals surface area contributed by atoms with E-state index in [1.165, 1.54) is 0 Å². The number of ether oxygens (including phenoxy) is 1. The third kappa shape index (κ3) is 1.82. The Bertz CT molecular complexity index is 213. The third-order valence-electron chi connectivity index (χ3n) is 1.77. The van der Waals surface area contributed by atoms with E-state index in [0.717, 1.165) is 0 Å². The van der Waals surface area contributed by atoms with Crippen molar-refractivity contribution in [3.63, 3.8) is 0 Å². The molecule has 0 saturated heterocycles. The van der Waals surface area contributed by atoms with Crippen molar-refractivity contribution >= 4 is 11.7 Å². The number of carbonyl (C=O) groups excluding carboxylic acids is 1. The Labute approximate surface area is 72.0 Å². The topological polar surface area (TPSA) is 50.7 Å². The number of hydrogen-bond donors (Lipinski definition) is 1. The fourth-order valence-corrected chi connectivity index (χ4v) is 1.07. The van der Waals surface area contributed by atoms with Gasteiger partial charge in [0.05, 0.1) is 0 Å². The second kappa shape index (κ2) is 3.67. The van der Waals surface area contributed by atoms with Gasteiger partial charge in [-0.1, -0.05) is 0 Å². The van der Waals surface area contributed by atoms with Crippen LogP contribution in [0.2, 0.25) is 0 Å². The zero-order chi connectivity index (χ0) is 9.14. The number of nitrogens with zero attached hydrogens (tertiary/aromatic N) is 1. The van der Waals surface area contributed by atoms with Crippen LogP contribution in [0.3, 0.4) is 0 Å². The molecule has 1 aliphatic heterocycles. The van der Waals surface area contributed by atoms with E-state index in [4.69, 9.17) is 4.74 Å². The Kier molecular flexibility index (Phi) is 2.81. The van der Waals surface area contributed by atoms with E-state index < -0.39 is 0 Å². The van der Waals surface area contributed by atoms with Crippen molar-refractivity contribution in [2.75, 3.05) is 6.61 Å². The van der Waals surface area contributed by atoms with Gasteiger partial charge in [-0.25, -0.2) is 0 Å². The minimum Gasteiger partial charge on any atom is -0.371 e. The number of nitrogens with one attached hydrogen (secondary N) is 1. The average molecular weight is 170 g/mol. The molecular weight excluding hydrogens is 156 g/mol. The van der Waals surface area contributed by atoms with E-state index in [0.29, 0.717) is 12.4 Å². The molecule has 0 radical (unpaired) electrons. The number of amidine groups is 1. The average Bonchev–Trinajstić information content (AvgIpc) is 2.33. The van der Waals surface area contributed by atoms with Crippen molar-refractivity contribution in [1.29, 1.82) is 0 Å². The Morgan fingerprint density at radius 2 is 2.42 bits per heavy atom. The fourth-order valence-electron chi connectivity index (χ4n) is 1.07. The van der Waals surface area contributed by atoms with Gasteiger partial charge in [-0.05, 0) is 20.8 Å². The molecule has 12 heavy (non-hydrogen) atoms. The van der Waals surface area contributed by atoms with Crippen LogP contribution in [-0.2, 0) is 9.53 Å². The van der Waals surface area contributed by atoms with Gasteiger partial charge in [-0.3, -0.25) is 9.79 Å². The van der Waals surface area contributed by atoms with E-state index in [-0.39, 0.29) is 18.1 Å². The third-order valence-corrected chi connectivity index (χ3v) is 1.77. The molecule has 0 fully saturated rings. The maximum atomic E-state index is 11.0. The molecule has 1 rings (SSSR count). The Balaban J connectivity index is 2.54. The lowest BCUT2D eigenvalue weighted by Crippen LogP contribution is -2.35. The van der Waals surface area contributed by atoms with E-state index in [1.807, 2.05) is 13.8 Å². The second-order valence-electron chi connectivity index (χ2n) is 2.78. The van der Waals surface area contributed by atoms with Crippen LogP contribution in [0.1, 0.15) is 20.8 Å². The molecule has 2 atom stereocenters. The summed E-state index contributed by atoms with van der Waals surface area (Å²) in [6.07, 6.45) is -0.108. The summed E-state index contributed by atoms with van der Waals surface area (Å²) in [7, 11) is 0. The van der Waals surface area contributed by atoms with Crippen LogP contribution in [0, 0.1) is 0 Å². The summed E-state index contributed by atoms with van der Waals surface area (Å²) in [5, 5.41) is 2.67. The van der Waals surface area contributed by atoms with Crippen molar-refractivity contribution in [3.8, 4) is 0 Å². The minimum atomic E-state index is -0.261. The Morgan fingerprint density at radius 1 is 1.75 bits per heavy atom. The maximum Gasteiger partial charge on any atom is 0.249 e. The smallest absolute Gasteiger partial charge is 0.249 e. The highest BCUT2D eigenvalue weighted by molar-refractivity contribution is 6.07. The maximum absolute atomic E-state index is 11.0. The molecule has 2 unspecified atom stereocenters. The fraction of sp³-hybridized carbons (Fsp3) is 0.750. The number of amides is 1. The van der Waals surface area contributed by atoms with Gasteiger partial charge in [0, 0.05) is 6.61 Å². The molecule has 4 nitrogen and oxygen atoms in total. The first kappa shape index (κ1) is 9.19. The summed E-state index contributed by atoms with van der Waals surface area (Å²) in [5.41, 5.74) is 0. The van der Waals surface area contributed by atoms with Crippen molar-refractivity contribution in [2.24, 2.45) is 4.99 Å². The van der Waals surface area contributed by atoms with E-state index in [2.05, 4.69) is 10.3 Å². The minimum absolute atomic E-state index is 0.0449. The summed E-state index contributed by atoms with van der Waals surface area (Å²) >= 11 is 0. The predicted octanol–water partition coefficient (Wildman–Crippen LogP) is 0.328. The van der Waals surface area contributed by atoms with Crippen LogP contribution in [-0.4, -0.2) is 30.5 Å². The molecule has 4 heteroatoms. The predicted molar refractivity (Wildman–Crippen MR) is 46.1 cm³/mol. The first-order valence-electron chi connectivity index (χ1n) is 4.15. The number of aliphatic imine (C=N–C) groups is 1. The molecule has 0 aromatic heterocycles. The highest BCUT2D eigenvalue weighted by atomic mass is 16.5. The molecule has 0 aromatic carbocycles. The molecule has 68 valence electrons. The normalized spacial score (nSPS) is 25.1. The summed E-state index contributed by atoms with van der Waals surface area (Å²) in [4.78, 5) is 15.1. The van der Waals surface area contributed by atoms with Crippen LogP contribution in [0.15, 0.2) is 4.99 Å². The summed E-state index contributed by atoms with van der Waals surface area (Å²) < 4.78 is 5.28. The zero-order valence-corrected chi connectivity index (χ0v) is 7.63. The number of hydrogen-bond acceptors (Lipinski definition) is 3. The molecule has 1 aliphatic rings. The summed E-state index contributed by atoms with van der Waals surface area (Å²) in [6, 6.07) is -0.261. The van der Waals surface area contributed by atoms with Gasteiger partial charge < -0.3 is 10.1 Å². The first-order valence-corrected chi connectivity index (χ1v) is 4.15. The molecule has 0 saturated carbocycles. The molecule has 1 amide bonds. The SMILES string of the molecule is CCOC(C)C1=NC(C)C(=O)N1. The highest BCUT2D eigenvalue weighted by Crippen LogP contribution is 2.03. The largest absolute Gasteiger partial charge is 0.371 e. The molecule has 0 spiro atoms.